The Morgan fingerprint density at radius 2 is 2.04 bits per heavy atom. The Kier molecular flexibility index (Phi) is 6.21. The van der Waals surface area contributed by atoms with E-state index in [1.807, 2.05) is 11.8 Å². The van der Waals surface area contributed by atoms with E-state index in [2.05, 4.69) is 24.6 Å². The van der Waals surface area contributed by atoms with Gasteiger partial charge in [0, 0.05) is 51.2 Å². The van der Waals surface area contributed by atoms with Crippen LogP contribution in [0.3, 0.4) is 0 Å². The molecule has 24 heavy (non-hydrogen) atoms. The highest BCUT2D eigenvalue weighted by Crippen LogP contribution is 2.20. The van der Waals surface area contributed by atoms with Gasteiger partial charge >= 0.3 is 6.18 Å². The molecule has 0 radical (unpaired) electrons. The van der Waals surface area contributed by atoms with Crippen molar-refractivity contribution in [1.29, 1.82) is 0 Å². The lowest BCUT2D eigenvalue weighted by Gasteiger charge is -2.36. The molecule has 1 unspecified atom stereocenters. The highest BCUT2D eigenvalue weighted by molar-refractivity contribution is 7.09. The Balaban J connectivity index is 1.85. The number of alkyl halides is 3. The van der Waals surface area contributed by atoms with Crippen LogP contribution in [0.25, 0.3) is 0 Å². The zero-order valence-corrected chi connectivity index (χ0v) is 14.4. The second-order valence-electron chi connectivity index (χ2n) is 5.31. The van der Waals surface area contributed by atoms with Gasteiger partial charge in [-0.3, -0.25) is 4.99 Å². The zero-order chi connectivity index (χ0) is 17.7. The summed E-state index contributed by atoms with van der Waals surface area (Å²) in [5, 5.41) is 12.5. The molecule has 0 spiro atoms. The molecule has 1 aromatic heterocycles. The van der Waals surface area contributed by atoms with Crippen molar-refractivity contribution in [2.75, 3.05) is 44.7 Å². The normalized spacial score (nSPS) is 18.0. The molecule has 1 aliphatic heterocycles. The standard InChI is InChI=1S/C13H21F3N6OS/c1-3-10-19-12(24-20-10)22-6-4-21(5-7-22)11(17-2)18-8-9(23)13(14,15)16/h9,23H,3-8H2,1-2H3,(H,17,18). The number of aliphatic imine (C=N–C) groups is 1. The number of aryl methyl sites for hydroxylation is 1. The van der Waals surface area contributed by atoms with Crippen LogP contribution in [-0.2, 0) is 6.42 Å². The summed E-state index contributed by atoms with van der Waals surface area (Å²) in [6.45, 7) is 3.94. The van der Waals surface area contributed by atoms with Gasteiger partial charge in [-0.1, -0.05) is 6.92 Å². The third-order valence-electron chi connectivity index (χ3n) is 3.67. The van der Waals surface area contributed by atoms with Crippen molar-refractivity contribution in [2.24, 2.45) is 4.99 Å². The molecule has 1 atom stereocenters. The van der Waals surface area contributed by atoms with Crippen LogP contribution >= 0.6 is 11.5 Å². The summed E-state index contributed by atoms with van der Waals surface area (Å²) in [5.74, 6) is 1.17. The largest absolute Gasteiger partial charge is 0.416 e. The second kappa shape index (κ2) is 7.97. The maximum absolute atomic E-state index is 12.4. The van der Waals surface area contributed by atoms with E-state index in [0.29, 0.717) is 32.1 Å². The van der Waals surface area contributed by atoms with Crippen molar-refractivity contribution >= 4 is 22.6 Å². The summed E-state index contributed by atoms with van der Waals surface area (Å²) in [6.07, 6.45) is -6.27. The Hall–Kier alpha value is -1.62. The fourth-order valence-electron chi connectivity index (χ4n) is 2.26. The van der Waals surface area contributed by atoms with E-state index in [-0.39, 0.29) is 0 Å². The summed E-state index contributed by atoms with van der Waals surface area (Å²) in [5.41, 5.74) is 0. The number of nitrogens with zero attached hydrogens (tertiary/aromatic N) is 5. The molecule has 1 aromatic rings. The molecule has 0 amide bonds. The van der Waals surface area contributed by atoms with Crippen molar-refractivity contribution in [2.45, 2.75) is 25.6 Å². The predicted octanol–water partition coefficient (Wildman–Crippen LogP) is 0.721. The molecule has 0 bridgehead atoms. The van der Waals surface area contributed by atoms with Crippen LogP contribution in [0.1, 0.15) is 12.7 Å². The van der Waals surface area contributed by atoms with E-state index in [9.17, 15) is 13.2 Å². The molecule has 0 aliphatic carbocycles. The quantitative estimate of drug-likeness (QED) is 0.604. The number of aromatic nitrogens is 2. The first kappa shape index (κ1) is 18.7. The molecular formula is C13H21F3N6OS. The van der Waals surface area contributed by atoms with Crippen molar-refractivity contribution in [3.63, 3.8) is 0 Å². The van der Waals surface area contributed by atoms with Gasteiger partial charge in [0.2, 0.25) is 5.13 Å². The van der Waals surface area contributed by atoms with Crippen LogP contribution in [0.2, 0.25) is 0 Å². The van der Waals surface area contributed by atoms with Crippen molar-refractivity contribution < 1.29 is 18.3 Å². The highest BCUT2D eigenvalue weighted by atomic mass is 32.1. The fourth-order valence-corrected chi connectivity index (χ4v) is 3.06. The minimum absolute atomic E-state index is 0.351. The van der Waals surface area contributed by atoms with Gasteiger partial charge in [0.15, 0.2) is 12.1 Å². The Bertz CT molecular complexity index is 556. The van der Waals surface area contributed by atoms with E-state index in [1.165, 1.54) is 18.6 Å². The number of piperazine rings is 1. The molecule has 11 heteroatoms. The summed E-state index contributed by atoms with van der Waals surface area (Å²) < 4.78 is 41.3. The monoisotopic (exact) mass is 366 g/mol. The van der Waals surface area contributed by atoms with Crippen LogP contribution in [-0.4, -0.2) is 77.4 Å². The van der Waals surface area contributed by atoms with Crippen LogP contribution in [0, 0.1) is 0 Å². The van der Waals surface area contributed by atoms with Gasteiger partial charge in [-0.15, -0.1) is 0 Å². The molecule has 7 nitrogen and oxygen atoms in total. The molecule has 0 saturated carbocycles. The van der Waals surface area contributed by atoms with Gasteiger partial charge in [-0.25, -0.2) is 4.98 Å². The van der Waals surface area contributed by atoms with Crippen LogP contribution in [0.15, 0.2) is 4.99 Å². The topological polar surface area (TPSA) is 76.9 Å². The van der Waals surface area contributed by atoms with Crippen LogP contribution in [0.5, 0.6) is 0 Å². The van der Waals surface area contributed by atoms with Gasteiger partial charge in [-0.2, -0.15) is 17.5 Å². The molecule has 0 aromatic carbocycles. The van der Waals surface area contributed by atoms with Gasteiger partial charge in [0.1, 0.15) is 5.82 Å². The third kappa shape index (κ3) is 4.69. The molecular weight excluding hydrogens is 345 g/mol. The number of nitrogens with one attached hydrogen (secondary N) is 1. The number of aliphatic hydroxyl groups is 1. The SMILES string of the molecule is CCc1nsc(N2CCN(C(=NC)NCC(O)C(F)(F)F)CC2)n1. The van der Waals surface area contributed by atoms with Crippen molar-refractivity contribution in [3.05, 3.63) is 5.82 Å². The lowest BCUT2D eigenvalue weighted by molar-refractivity contribution is -0.201. The molecule has 1 fully saturated rings. The average Bonchev–Trinajstić information content (AvgIpc) is 3.04. The molecule has 2 heterocycles. The van der Waals surface area contributed by atoms with Gasteiger partial charge < -0.3 is 20.2 Å². The molecule has 136 valence electrons. The lowest BCUT2D eigenvalue weighted by Crippen LogP contribution is -2.54. The lowest BCUT2D eigenvalue weighted by atomic mass is 10.3. The molecule has 1 saturated heterocycles. The smallest absolute Gasteiger partial charge is 0.382 e. The van der Waals surface area contributed by atoms with Gasteiger partial charge in [0.25, 0.3) is 0 Å². The summed E-state index contributed by atoms with van der Waals surface area (Å²) in [4.78, 5) is 12.4. The maximum atomic E-state index is 12.4. The average molecular weight is 366 g/mol. The van der Waals surface area contributed by atoms with Gasteiger partial charge in [0.05, 0.1) is 6.54 Å². The zero-order valence-electron chi connectivity index (χ0n) is 13.5. The van der Waals surface area contributed by atoms with E-state index in [4.69, 9.17) is 5.11 Å². The first-order chi connectivity index (χ1) is 11.3. The summed E-state index contributed by atoms with van der Waals surface area (Å²) in [7, 11) is 1.51. The predicted molar refractivity (Wildman–Crippen MR) is 86.5 cm³/mol. The Labute approximate surface area is 142 Å². The minimum atomic E-state index is -4.64. The van der Waals surface area contributed by atoms with E-state index >= 15 is 0 Å². The number of aliphatic hydroxyl groups excluding tert-OH is 1. The summed E-state index contributed by atoms with van der Waals surface area (Å²) >= 11 is 1.36. The number of guanidine groups is 1. The molecule has 2 N–H and O–H groups in total. The van der Waals surface area contributed by atoms with Gasteiger partial charge in [-0.05, 0) is 0 Å². The number of anilines is 1. The van der Waals surface area contributed by atoms with E-state index in [0.717, 1.165) is 17.4 Å². The van der Waals surface area contributed by atoms with Crippen LogP contribution in [0.4, 0.5) is 18.3 Å². The molecule has 2 rings (SSSR count). The number of rotatable bonds is 4. The maximum Gasteiger partial charge on any atom is 0.416 e. The van der Waals surface area contributed by atoms with Crippen molar-refractivity contribution in [3.8, 4) is 0 Å². The fraction of sp³-hybridized carbons (Fsp3) is 0.769. The van der Waals surface area contributed by atoms with Crippen molar-refractivity contribution in [1.82, 2.24) is 19.6 Å². The first-order valence-electron chi connectivity index (χ1n) is 7.63. The summed E-state index contributed by atoms with van der Waals surface area (Å²) in [6, 6.07) is 0. The first-order valence-corrected chi connectivity index (χ1v) is 8.40. The Morgan fingerprint density at radius 1 is 1.38 bits per heavy atom. The number of halogens is 3. The Morgan fingerprint density at radius 3 is 2.54 bits per heavy atom. The minimum Gasteiger partial charge on any atom is -0.382 e. The number of hydrogen-bond acceptors (Lipinski definition) is 6. The third-order valence-corrected chi connectivity index (χ3v) is 4.48. The van der Waals surface area contributed by atoms with E-state index in [1.54, 1.807) is 0 Å². The molecule has 1 aliphatic rings. The highest BCUT2D eigenvalue weighted by Gasteiger charge is 2.38. The van der Waals surface area contributed by atoms with Crippen LogP contribution < -0.4 is 10.2 Å². The number of hydrogen-bond donors (Lipinski definition) is 2. The van der Waals surface area contributed by atoms with E-state index < -0.39 is 18.8 Å². The second-order valence-corrected chi connectivity index (χ2v) is 6.04.